The normalized spacial score (nSPS) is 10.7. The van der Waals surface area contributed by atoms with Crippen LogP contribution in [-0.4, -0.2) is 35.7 Å². The van der Waals surface area contributed by atoms with Crippen molar-refractivity contribution in [2.75, 3.05) is 13.7 Å². The summed E-state index contributed by atoms with van der Waals surface area (Å²) in [5.41, 5.74) is 2.33. The van der Waals surface area contributed by atoms with Crippen molar-refractivity contribution in [3.8, 4) is 5.75 Å². The number of nitro benzene ring substituents is 1. The zero-order valence-corrected chi connectivity index (χ0v) is 20.1. The van der Waals surface area contributed by atoms with Crippen LogP contribution in [0.15, 0.2) is 72.8 Å². The summed E-state index contributed by atoms with van der Waals surface area (Å²) >= 11 is 0. The van der Waals surface area contributed by atoms with Crippen molar-refractivity contribution in [1.82, 2.24) is 4.90 Å². The number of aldehydes is 1. The molecule has 0 aromatic heterocycles. The Kier molecular flexibility index (Phi) is 9.12. The Morgan fingerprint density at radius 1 is 1.00 bits per heavy atom. The quantitative estimate of drug-likeness (QED) is 0.141. The first-order valence-corrected chi connectivity index (χ1v) is 11.6. The third-order valence-corrected chi connectivity index (χ3v) is 5.93. The van der Waals surface area contributed by atoms with Crippen LogP contribution in [0.1, 0.15) is 58.8 Å². The highest BCUT2D eigenvalue weighted by molar-refractivity contribution is 5.83. The summed E-state index contributed by atoms with van der Waals surface area (Å²) in [5, 5.41) is 11.1. The fraction of sp³-hybridized carbons (Fsp3) is 0.286. The molecule has 0 N–H and O–H groups in total. The van der Waals surface area contributed by atoms with Gasteiger partial charge < -0.3 is 9.64 Å². The lowest BCUT2D eigenvalue weighted by Crippen LogP contribution is -2.31. The Morgan fingerprint density at radius 2 is 1.60 bits per heavy atom. The van der Waals surface area contributed by atoms with Gasteiger partial charge in [-0.2, -0.15) is 0 Å². The fourth-order valence-electron chi connectivity index (χ4n) is 4.17. The summed E-state index contributed by atoms with van der Waals surface area (Å²) in [6.45, 7) is 1.98. The second-order valence-corrected chi connectivity index (χ2v) is 8.44. The average Bonchev–Trinajstić information content (AvgIpc) is 2.86. The van der Waals surface area contributed by atoms with Gasteiger partial charge in [-0.25, -0.2) is 0 Å². The average molecular weight is 475 g/mol. The first-order chi connectivity index (χ1) is 16.9. The van der Waals surface area contributed by atoms with Crippen molar-refractivity contribution in [2.24, 2.45) is 0 Å². The molecule has 0 saturated heterocycles. The van der Waals surface area contributed by atoms with Gasteiger partial charge in [0.25, 0.3) is 5.69 Å². The minimum Gasteiger partial charge on any atom is -0.494 e. The number of nitrogens with zero attached hydrogens (tertiary/aromatic N) is 2. The number of hydrogen-bond donors (Lipinski definition) is 0. The molecular weight excluding hydrogens is 444 g/mol. The predicted octanol–water partition coefficient (Wildman–Crippen LogP) is 5.90. The third-order valence-electron chi connectivity index (χ3n) is 5.93. The van der Waals surface area contributed by atoms with Gasteiger partial charge in [-0.3, -0.25) is 19.7 Å². The van der Waals surface area contributed by atoms with E-state index in [1.165, 1.54) is 6.07 Å². The monoisotopic (exact) mass is 474 g/mol. The number of amides is 1. The molecule has 0 heterocycles. The summed E-state index contributed by atoms with van der Waals surface area (Å²) in [6.07, 6.45) is 3.15. The van der Waals surface area contributed by atoms with Crippen LogP contribution in [0, 0.1) is 17.0 Å². The number of nitro groups is 1. The van der Waals surface area contributed by atoms with Gasteiger partial charge in [0.05, 0.1) is 23.1 Å². The molecule has 0 spiro atoms. The van der Waals surface area contributed by atoms with Gasteiger partial charge in [0, 0.05) is 19.0 Å². The highest BCUT2D eigenvalue weighted by Crippen LogP contribution is 2.29. The van der Waals surface area contributed by atoms with Crippen LogP contribution < -0.4 is 4.74 Å². The molecular formula is C28H30N2O5. The summed E-state index contributed by atoms with van der Waals surface area (Å²) < 4.78 is 5.70. The topological polar surface area (TPSA) is 89.8 Å². The van der Waals surface area contributed by atoms with E-state index in [4.69, 9.17) is 4.74 Å². The van der Waals surface area contributed by atoms with E-state index in [1.54, 1.807) is 13.0 Å². The van der Waals surface area contributed by atoms with Crippen LogP contribution in [0.3, 0.4) is 0 Å². The van der Waals surface area contributed by atoms with E-state index in [0.29, 0.717) is 30.6 Å². The van der Waals surface area contributed by atoms with Gasteiger partial charge in [0.15, 0.2) is 6.29 Å². The van der Waals surface area contributed by atoms with Crippen molar-refractivity contribution in [1.29, 1.82) is 0 Å². The largest absolute Gasteiger partial charge is 0.494 e. The Hall–Kier alpha value is -4.00. The van der Waals surface area contributed by atoms with Crippen LogP contribution >= 0.6 is 0 Å². The summed E-state index contributed by atoms with van der Waals surface area (Å²) in [4.78, 5) is 36.6. The molecule has 0 unspecified atom stereocenters. The Morgan fingerprint density at radius 3 is 2.14 bits per heavy atom. The van der Waals surface area contributed by atoms with E-state index < -0.39 is 4.92 Å². The maximum absolute atomic E-state index is 13.0. The van der Waals surface area contributed by atoms with Crippen molar-refractivity contribution in [3.05, 3.63) is 105 Å². The van der Waals surface area contributed by atoms with Gasteiger partial charge in [0.2, 0.25) is 5.91 Å². The van der Waals surface area contributed by atoms with Crippen molar-refractivity contribution < 1.29 is 19.2 Å². The number of benzene rings is 3. The van der Waals surface area contributed by atoms with Gasteiger partial charge in [-0.15, -0.1) is 0 Å². The number of unbranched alkanes of at least 4 members (excludes halogenated alkanes) is 2. The Bertz CT molecular complexity index is 1110. The molecule has 0 aliphatic rings. The molecule has 0 radical (unpaired) electrons. The van der Waals surface area contributed by atoms with Crippen LogP contribution in [-0.2, 0) is 4.79 Å². The fourth-order valence-corrected chi connectivity index (χ4v) is 4.17. The van der Waals surface area contributed by atoms with E-state index >= 15 is 0 Å². The molecule has 7 heteroatoms. The lowest BCUT2D eigenvalue weighted by atomic mass is 9.97. The Labute approximate surface area is 205 Å². The van der Waals surface area contributed by atoms with E-state index in [2.05, 4.69) is 0 Å². The highest BCUT2D eigenvalue weighted by atomic mass is 16.6. The molecule has 3 aromatic rings. The lowest BCUT2D eigenvalue weighted by molar-refractivity contribution is -0.385. The second kappa shape index (κ2) is 12.5. The van der Waals surface area contributed by atoms with Crippen LogP contribution in [0.2, 0.25) is 0 Å². The molecule has 3 aromatic carbocycles. The van der Waals surface area contributed by atoms with E-state index in [9.17, 15) is 19.7 Å². The van der Waals surface area contributed by atoms with Gasteiger partial charge >= 0.3 is 0 Å². The molecule has 35 heavy (non-hydrogen) atoms. The SMILES string of the molecule is Cc1cc(OCCCCCC(=O)N(C)C(c2ccccc2)c2ccccc2)cc(C=O)c1[N+](=O)[O-]. The number of carbonyl (C=O) groups excluding carboxylic acids is 2. The van der Waals surface area contributed by atoms with Gasteiger partial charge in [0.1, 0.15) is 5.75 Å². The molecule has 7 nitrogen and oxygen atoms in total. The predicted molar refractivity (Wildman–Crippen MR) is 135 cm³/mol. The summed E-state index contributed by atoms with van der Waals surface area (Å²) in [7, 11) is 1.84. The minimum absolute atomic E-state index is 0.00465. The molecule has 0 atom stereocenters. The maximum atomic E-state index is 13.0. The first kappa shape index (κ1) is 25.6. The number of aryl methyl sites for hydroxylation is 1. The Balaban J connectivity index is 1.51. The number of carbonyl (C=O) groups is 2. The van der Waals surface area contributed by atoms with Gasteiger partial charge in [-0.1, -0.05) is 60.7 Å². The third kappa shape index (κ3) is 6.76. The first-order valence-electron chi connectivity index (χ1n) is 11.6. The molecule has 1 amide bonds. The van der Waals surface area contributed by atoms with Gasteiger partial charge in [-0.05, 0) is 49.4 Å². The number of ether oxygens (including phenoxy) is 1. The molecule has 0 saturated carbocycles. The van der Waals surface area contributed by atoms with Crippen LogP contribution in [0.4, 0.5) is 5.69 Å². The standard InChI is InChI=1S/C28H30N2O5/c1-21-18-25(19-24(20-31)27(21)30(33)34)35-17-11-5-10-16-26(32)29(2)28(22-12-6-3-7-13-22)23-14-8-4-9-15-23/h3-4,6-9,12-15,18-20,28H,5,10-11,16-17H2,1-2H3. The molecule has 182 valence electrons. The molecule has 3 rings (SSSR count). The zero-order chi connectivity index (χ0) is 25.2. The van der Waals surface area contributed by atoms with Crippen molar-refractivity contribution >= 4 is 17.9 Å². The van der Waals surface area contributed by atoms with E-state index in [0.717, 1.165) is 30.4 Å². The summed E-state index contributed by atoms with van der Waals surface area (Å²) in [6, 6.07) is 22.8. The van der Waals surface area contributed by atoms with Crippen LogP contribution in [0.5, 0.6) is 5.75 Å². The summed E-state index contributed by atoms with van der Waals surface area (Å²) in [5.74, 6) is 0.504. The minimum atomic E-state index is -0.559. The van der Waals surface area contributed by atoms with Crippen molar-refractivity contribution in [2.45, 2.75) is 38.6 Å². The van der Waals surface area contributed by atoms with Crippen LogP contribution in [0.25, 0.3) is 0 Å². The maximum Gasteiger partial charge on any atom is 0.283 e. The number of rotatable bonds is 12. The molecule has 0 aliphatic carbocycles. The molecule has 0 aliphatic heterocycles. The lowest BCUT2D eigenvalue weighted by Gasteiger charge is -2.29. The smallest absolute Gasteiger partial charge is 0.283 e. The highest BCUT2D eigenvalue weighted by Gasteiger charge is 2.23. The zero-order valence-electron chi connectivity index (χ0n) is 20.1. The molecule has 0 fully saturated rings. The molecule has 0 bridgehead atoms. The van der Waals surface area contributed by atoms with Crippen molar-refractivity contribution in [3.63, 3.8) is 0 Å². The second-order valence-electron chi connectivity index (χ2n) is 8.44. The van der Waals surface area contributed by atoms with E-state index in [1.807, 2.05) is 72.6 Å². The van der Waals surface area contributed by atoms with E-state index in [-0.39, 0.29) is 23.2 Å². The number of hydrogen-bond acceptors (Lipinski definition) is 5.